The third kappa shape index (κ3) is 25.9. The maximum atomic E-state index is 2.41. The van der Waals surface area contributed by atoms with Crippen LogP contribution in [0.25, 0.3) is 0 Å². The van der Waals surface area contributed by atoms with E-state index in [0.717, 1.165) is 13.1 Å². The Hall–Kier alpha value is -2.53. The smallest absolute Gasteiger partial charge is 0.253 e. The van der Waals surface area contributed by atoms with E-state index in [4.69, 9.17) is 0 Å². The zero-order chi connectivity index (χ0) is 52.5. The van der Waals surface area contributed by atoms with E-state index in [0.29, 0.717) is 0 Å². The summed E-state index contributed by atoms with van der Waals surface area (Å²) in [6.07, 6.45) is 39.0. The molecule has 0 atom stereocenters. The summed E-state index contributed by atoms with van der Waals surface area (Å²) in [6, 6.07) is 0. The van der Waals surface area contributed by atoms with Crippen LogP contribution in [0.15, 0.2) is 37.2 Å². The number of imidazole rings is 3. The first-order valence-corrected chi connectivity index (χ1v) is 29.7. The van der Waals surface area contributed by atoms with Crippen molar-refractivity contribution in [1.82, 2.24) is 13.7 Å². The van der Waals surface area contributed by atoms with Gasteiger partial charge in [-0.05, 0) is 45.4 Å². The molecule has 4 aliphatic heterocycles. The van der Waals surface area contributed by atoms with Gasteiger partial charge in [0.1, 0.15) is 37.2 Å². The van der Waals surface area contributed by atoms with E-state index >= 15 is 0 Å². The maximum absolute atomic E-state index is 2.41. The quantitative estimate of drug-likeness (QED) is 0.0897. The Kier molecular flexibility index (Phi) is 34.1. The molecule has 4 aliphatic rings. The van der Waals surface area contributed by atoms with Gasteiger partial charge in [-0.3, -0.25) is 0 Å². The summed E-state index contributed by atoms with van der Waals surface area (Å²) in [5, 5.41) is 0. The fourth-order valence-electron chi connectivity index (χ4n) is 10.8. The predicted molar refractivity (Wildman–Crippen MR) is 302 cm³/mol. The molecule has 0 N–H and O–H groups in total. The Morgan fingerprint density at radius 1 is 0.414 bits per heavy atom. The van der Waals surface area contributed by atoms with E-state index in [-0.39, 0.29) is 0 Å². The highest BCUT2D eigenvalue weighted by atomic mass is 15.4. The highest BCUT2D eigenvalue weighted by Crippen LogP contribution is 2.22. The molecule has 10 heteroatoms. The molecule has 4 saturated heterocycles. The molecular formula is C60H125N10+7. The van der Waals surface area contributed by atoms with E-state index < -0.39 is 0 Å². The second-order valence-corrected chi connectivity index (χ2v) is 23.2. The van der Waals surface area contributed by atoms with Crippen LogP contribution in [0.2, 0.25) is 0 Å². The fourth-order valence-corrected chi connectivity index (χ4v) is 10.8. The standard InChI is InChI=1S/C11H24N.C10H22N.2C9H17N2.C9H20N.C6H11N2.C6H14N/c1-3-5-9-12(8-4-2)10-6-7-11-12;1-3-5-8-11(4-2)9-6-7-10-11;2*1-4-5-6-11-8-7-10(3)9(11)2;1-3-4-7-10(2)8-5-6-9-10;1-6-7(2)4-5-8(6)3;1-7(2)5-3-4-6-7/h3-11H2,1-2H3;3-10H2,1-2H3;2*7-8H,4-6H2,1-3H3;3-9H2,1-2H3;4-5H,1-3H3;3-6H2,1-2H3/q7*+1. The molecule has 0 amide bonds. The molecule has 0 bridgehead atoms. The molecule has 3 aromatic heterocycles. The van der Waals surface area contributed by atoms with Gasteiger partial charge in [0.05, 0.1) is 148 Å². The van der Waals surface area contributed by atoms with Crippen molar-refractivity contribution < 1.29 is 31.6 Å². The third-order valence-corrected chi connectivity index (χ3v) is 16.7. The minimum atomic E-state index is 1.16. The summed E-state index contributed by atoms with van der Waals surface area (Å²) >= 11 is 0. The molecule has 408 valence electrons. The number of aryl methyl sites for hydroxylation is 6. The Morgan fingerprint density at radius 3 is 1.07 bits per heavy atom. The molecule has 0 spiro atoms. The van der Waals surface area contributed by atoms with Crippen molar-refractivity contribution in [1.29, 1.82) is 0 Å². The number of likely N-dealkylation sites (tertiary alicyclic amines) is 4. The van der Waals surface area contributed by atoms with E-state index in [1.165, 1.54) is 242 Å². The molecular weight excluding hydrogens is 861 g/mol. The molecule has 0 radical (unpaired) electrons. The fraction of sp³-hybridized carbons (Fsp3) is 0.850. The van der Waals surface area contributed by atoms with E-state index in [9.17, 15) is 0 Å². The van der Waals surface area contributed by atoms with Crippen LogP contribution in [0.3, 0.4) is 0 Å². The second kappa shape index (κ2) is 36.4. The van der Waals surface area contributed by atoms with Crippen molar-refractivity contribution in [2.75, 3.05) is 106 Å². The van der Waals surface area contributed by atoms with Gasteiger partial charge in [-0.1, -0.05) is 73.6 Å². The summed E-state index contributed by atoms with van der Waals surface area (Å²) in [5.41, 5.74) is 0. The lowest BCUT2D eigenvalue weighted by Gasteiger charge is -2.34. The molecule has 70 heavy (non-hydrogen) atoms. The monoisotopic (exact) mass is 986 g/mol. The van der Waals surface area contributed by atoms with Gasteiger partial charge in [0.2, 0.25) is 0 Å². The Labute approximate surface area is 437 Å². The van der Waals surface area contributed by atoms with Crippen LogP contribution in [0.5, 0.6) is 0 Å². The largest absolute Gasteiger partial charge is 0.328 e. The van der Waals surface area contributed by atoms with Gasteiger partial charge in [-0.25, -0.2) is 27.4 Å². The maximum Gasteiger partial charge on any atom is 0.253 e. The van der Waals surface area contributed by atoms with Crippen molar-refractivity contribution in [3.8, 4) is 0 Å². The molecule has 7 rings (SSSR count). The molecule has 0 saturated carbocycles. The zero-order valence-electron chi connectivity index (χ0n) is 50.5. The molecule has 7 heterocycles. The molecule has 4 fully saturated rings. The first kappa shape index (κ1) is 65.5. The van der Waals surface area contributed by atoms with E-state index in [1.54, 1.807) is 0 Å². The van der Waals surface area contributed by atoms with Crippen LogP contribution in [0.1, 0.15) is 188 Å². The van der Waals surface area contributed by atoms with E-state index in [1.807, 2.05) is 26.5 Å². The first-order valence-electron chi connectivity index (χ1n) is 29.7. The minimum absolute atomic E-state index is 1.16. The summed E-state index contributed by atoms with van der Waals surface area (Å²) in [7, 11) is 15.2. The summed E-state index contributed by atoms with van der Waals surface area (Å²) < 4.78 is 18.5. The third-order valence-electron chi connectivity index (χ3n) is 16.7. The molecule has 3 aromatic rings. The topological polar surface area (TPSA) is 26.4 Å². The lowest BCUT2D eigenvalue weighted by Crippen LogP contribution is -2.46. The molecule has 0 aromatic carbocycles. The van der Waals surface area contributed by atoms with Crippen LogP contribution in [-0.4, -0.2) is 138 Å². The average molecular weight is 987 g/mol. The van der Waals surface area contributed by atoms with Gasteiger partial charge in [0.25, 0.3) is 17.5 Å². The predicted octanol–water partition coefficient (Wildman–Crippen LogP) is 11.1. The lowest BCUT2D eigenvalue weighted by atomic mass is 10.2. The highest BCUT2D eigenvalue weighted by Gasteiger charge is 2.30. The van der Waals surface area contributed by atoms with Crippen molar-refractivity contribution in [3.05, 3.63) is 54.7 Å². The Bertz CT molecular complexity index is 1620. The van der Waals surface area contributed by atoms with Gasteiger partial charge in [-0.2, -0.15) is 0 Å². The van der Waals surface area contributed by atoms with Crippen LogP contribution in [-0.2, 0) is 41.3 Å². The second-order valence-electron chi connectivity index (χ2n) is 23.2. The lowest BCUT2D eigenvalue weighted by molar-refractivity contribution is -0.917. The number of hydrogen-bond acceptors (Lipinski definition) is 0. The van der Waals surface area contributed by atoms with Gasteiger partial charge in [0.15, 0.2) is 0 Å². The van der Waals surface area contributed by atoms with Gasteiger partial charge in [0, 0.05) is 72.1 Å². The number of rotatable bonds is 18. The van der Waals surface area contributed by atoms with Crippen LogP contribution in [0.4, 0.5) is 0 Å². The van der Waals surface area contributed by atoms with Gasteiger partial charge < -0.3 is 17.9 Å². The SMILES string of the molecule is CCCC[N+]1(C)CCCC1.CCCC[N+]1(CC)CCCC1.CCCC[N+]1(CCC)CCCC1.CCCCn1cc[n+](C)c1C.CCCCn1cc[n+](C)c1C.C[N+]1(C)CCCC1.Cc1n(C)cc[n+]1C. The normalized spacial score (nSPS) is 17.8. The number of aromatic nitrogens is 6. The zero-order valence-corrected chi connectivity index (χ0v) is 50.5. The molecule has 10 nitrogen and oxygen atoms in total. The van der Waals surface area contributed by atoms with Crippen LogP contribution in [0, 0.1) is 20.8 Å². The number of quaternary nitrogens is 4. The van der Waals surface area contributed by atoms with Crippen molar-refractivity contribution in [2.45, 2.75) is 204 Å². The first-order chi connectivity index (χ1) is 33.4. The Morgan fingerprint density at radius 2 is 0.771 bits per heavy atom. The number of unbranched alkanes of at least 4 members (excludes halogenated alkanes) is 5. The van der Waals surface area contributed by atoms with Gasteiger partial charge in [-0.15, -0.1) is 0 Å². The Balaban J connectivity index is 0.000000411. The molecule has 0 aliphatic carbocycles. The summed E-state index contributed by atoms with van der Waals surface area (Å²) in [5.74, 6) is 3.93. The van der Waals surface area contributed by atoms with Crippen LogP contribution >= 0.6 is 0 Å². The summed E-state index contributed by atoms with van der Waals surface area (Å²) in [6.45, 7) is 43.3. The highest BCUT2D eigenvalue weighted by molar-refractivity contribution is 4.79. The number of nitrogens with zero attached hydrogens (tertiary/aromatic N) is 10. The number of hydrogen-bond donors (Lipinski definition) is 0. The minimum Gasteiger partial charge on any atom is -0.328 e. The van der Waals surface area contributed by atoms with Gasteiger partial charge >= 0.3 is 0 Å². The van der Waals surface area contributed by atoms with Crippen molar-refractivity contribution in [2.24, 2.45) is 28.2 Å². The average Bonchev–Trinajstić information content (AvgIpc) is 4.26. The van der Waals surface area contributed by atoms with Crippen LogP contribution < -0.4 is 13.7 Å². The van der Waals surface area contributed by atoms with Crippen molar-refractivity contribution in [3.63, 3.8) is 0 Å². The molecule has 0 unspecified atom stereocenters. The van der Waals surface area contributed by atoms with Crippen molar-refractivity contribution >= 4 is 0 Å². The summed E-state index contributed by atoms with van der Waals surface area (Å²) in [4.78, 5) is 0. The van der Waals surface area contributed by atoms with E-state index in [2.05, 4.69) is 157 Å².